The molecule has 0 spiro atoms. The van der Waals surface area contributed by atoms with E-state index in [9.17, 15) is 9.18 Å². The minimum atomic E-state index is -0.574. The van der Waals surface area contributed by atoms with Gasteiger partial charge in [0.05, 0.1) is 12.7 Å². The summed E-state index contributed by atoms with van der Waals surface area (Å²) in [4.78, 5) is 16.0. The Labute approximate surface area is 124 Å². The smallest absolute Gasteiger partial charge is 0.255 e. The normalized spacial score (nSPS) is 10.2. The molecule has 0 aliphatic heterocycles. The number of amides is 1. The van der Waals surface area contributed by atoms with Crippen LogP contribution in [0.15, 0.2) is 41.0 Å². The molecule has 1 amide bonds. The molecular formula is C14H12BrFN2O2. The second-order valence-electron chi connectivity index (χ2n) is 3.95. The van der Waals surface area contributed by atoms with E-state index in [1.54, 1.807) is 24.4 Å². The van der Waals surface area contributed by atoms with Gasteiger partial charge in [0.1, 0.15) is 5.82 Å². The van der Waals surface area contributed by atoms with Crippen LogP contribution in [-0.2, 0) is 6.54 Å². The van der Waals surface area contributed by atoms with Crippen LogP contribution in [0, 0.1) is 5.82 Å². The molecule has 0 radical (unpaired) electrons. The molecule has 4 nitrogen and oxygen atoms in total. The number of carbonyl (C=O) groups is 1. The topological polar surface area (TPSA) is 51.2 Å². The lowest BCUT2D eigenvalue weighted by Gasteiger charge is -2.10. The van der Waals surface area contributed by atoms with Crippen LogP contribution < -0.4 is 10.1 Å². The van der Waals surface area contributed by atoms with Gasteiger partial charge in [-0.2, -0.15) is 0 Å². The number of ether oxygens (including phenoxy) is 1. The summed E-state index contributed by atoms with van der Waals surface area (Å²) in [5.74, 6) is -0.642. The largest absolute Gasteiger partial charge is 0.481 e. The summed E-state index contributed by atoms with van der Waals surface area (Å²) in [5.41, 5.74) is 0.700. The molecule has 0 saturated heterocycles. The molecule has 0 bridgehead atoms. The van der Waals surface area contributed by atoms with Gasteiger partial charge in [0, 0.05) is 22.8 Å². The minimum Gasteiger partial charge on any atom is -0.481 e. The van der Waals surface area contributed by atoms with Gasteiger partial charge < -0.3 is 10.1 Å². The van der Waals surface area contributed by atoms with Crippen LogP contribution in [0.3, 0.4) is 0 Å². The number of benzene rings is 1. The standard InChI is InChI=1S/C14H12BrFN2O2/c1-20-14-9(4-3-7-17-14)8-18-13(19)12-10(15)5-2-6-11(12)16/h2-7H,8H2,1H3,(H,18,19). The zero-order valence-electron chi connectivity index (χ0n) is 10.7. The van der Waals surface area contributed by atoms with E-state index in [0.717, 1.165) is 5.56 Å². The summed E-state index contributed by atoms with van der Waals surface area (Å²) in [6.07, 6.45) is 1.59. The predicted molar refractivity (Wildman–Crippen MR) is 76.1 cm³/mol. The number of rotatable bonds is 4. The van der Waals surface area contributed by atoms with Gasteiger partial charge in [0.15, 0.2) is 0 Å². The highest BCUT2D eigenvalue weighted by atomic mass is 79.9. The summed E-state index contributed by atoms with van der Waals surface area (Å²) < 4.78 is 19.1. The van der Waals surface area contributed by atoms with Crippen molar-refractivity contribution in [2.75, 3.05) is 7.11 Å². The first kappa shape index (κ1) is 14.5. The van der Waals surface area contributed by atoms with Gasteiger partial charge >= 0.3 is 0 Å². The highest BCUT2D eigenvalue weighted by Gasteiger charge is 2.15. The molecule has 0 fully saturated rings. The Morgan fingerprint density at radius 3 is 2.90 bits per heavy atom. The fourth-order valence-electron chi connectivity index (χ4n) is 1.72. The molecular weight excluding hydrogens is 327 g/mol. The molecule has 1 N–H and O–H groups in total. The summed E-state index contributed by atoms with van der Waals surface area (Å²) >= 11 is 3.16. The molecule has 6 heteroatoms. The van der Waals surface area contributed by atoms with Crippen LogP contribution in [-0.4, -0.2) is 18.0 Å². The van der Waals surface area contributed by atoms with Gasteiger partial charge in [-0.25, -0.2) is 9.37 Å². The molecule has 2 rings (SSSR count). The van der Waals surface area contributed by atoms with E-state index in [4.69, 9.17) is 4.74 Å². The van der Waals surface area contributed by atoms with E-state index in [1.807, 2.05) is 0 Å². The van der Waals surface area contributed by atoms with E-state index in [2.05, 4.69) is 26.2 Å². The number of pyridine rings is 1. The van der Waals surface area contributed by atoms with E-state index >= 15 is 0 Å². The van der Waals surface area contributed by atoms with Crippen molar-refractivity contribution in [1.29, 1.82) is 0 Å². The molecule has 0 unspecified atom stereocenters. The Balaban J connectivity index is 2.13. The Hall–Kier alpha value is -1.95. The molecule has 1 heterocycles. The van der Waals surface area contributed by atoms with Crippen LogP contribution in [0.2, 0.25) is 0 Å². The van der Waals surface area contributed by atoms with Crippen LogP contribution in [0.25, 0.3) is 0 Å². The van der Waals surface area contributed by atoms with E-state index in [-0.39, 0.29) is 12.1 Å². The zero-order valence-corrected chi connectivity index (χ0v) is 12.3. The fourth-order valence-corrected chi connectivity index (χ4v) is 2.24. The first-order valence-corrected chi connectivity index (χ1v) is 6.63. The summed E-state index contributed by atoms with van der Waals surface area (Å²) in [5, 5.41) is 2.64. The molecule has 0 aliphatic rings. The molecule has 0 aliphatic carbocycles. The molecule has 104 valence electrons. The van der Waals surface area contributed by atoms with Gasteiger partial charge in [-0.05, 0) is 34.1 Å². The first-order chi connectivity index (χ1) is 9.63. The van der Waals surface area contributed by atoms with Crippen LogP contribution >= 0.6 is 15.9 Å². The SMILES string of the molecule is COc1ncccc1CNC(=O)c1c(F)cccc1Br. The molecule has 1 aromatic heterocycles. The van der Waals surface area contributed by atoms with Crippen molar-refractivity contribution in [3.05, 3.63) is 57.9 Å². The van der Waals surface area contributed by atoms with Crippen molar-refractivity contribution in [2.24, 2.45) is 0 Å². The lowest BCUT2D eigenvalue weighted by atomic mass is 10.2. The van der Waals surface area contributed by atoms with Crippen molar-refractivity contribution in [1.82, 2.24) is 10.3 Å². The van der Waals surface area contributed by atoms with Gasteiger partial charge in [-0.3, -0.25) is 4.79 Å². The molecule has 20 heavy (non-hydrogen) atoms. The maximum Gasteiger partial charge on any atom is 0.255 e. The van der Waals surface area contributed by atoms with Gasteiger partial charge in [-0.15, -0.1) is 0 Å². The summed E-state index contributed by atoms with van der Waals surface area (Å²) in [6.45, 7) is 0.205. The van der Waals surface area contributed by atoms with Crippen LogP contribution in [0.1, 0.15) is 15.9 Å². The second kappa shape index (κ2) is 6.47. The number of aromatic nitrogens is 1. The van der Waals surface area contributed by atoms with E-state index in [0.29, 0.717) is 10.4 Å². The van der Waals surface area contributed by atoms with Crippen molar-refractivity contribution >= 4 is 21.8 Å². The third kappa shape index (κ3) is 3.14. The van der Waals surface area contributed by atoms with Gasteiger partial charge in [-0.1, -0.05) is 12.1 Å². The van der Waals surface area contributed by atoms with Crippen molar-refractivity contribution in [3.63, 3.8) is 0 Å². The third-order valence-corrected chi connectivity index (χ3v) is 3.33. The lowest BCUT2D eigenvalue weighted by Crippen LogP contribution is -2.24. The predicted octanol–water partition coefficient (Wildman–Crippen LogP) is 2.92. The highest BCUT2D eigenvalue weighted by molar-refractivity contribution is 9.10. The third-order valence-electron chi connectivity index (χ3n) is 2.67. The molecule has 1 aromatic carbocycles. The van der Waals surface area contributed by atoms with Gasteiger partial charge in [0.25, 0.3) is 5.91 Å². The first-order valence-electron chi connectivity index (χ1n) is 5.83. The molecule has 2 aromatic rings. The number of nitrogens with one attached hydrogen (secondary N) is 1. The average Bonchev–Trinajstić information content (AvgIpc) is 2.45. The quantitative estimate of drug-likeness (QED) is 0.932. The summed E-state index contributed by atoms with van der Waals surface area (Å²) in [7, 11) is 1.50. The number of nitrogens with zero attached hydrogens (tertiary/aromatic N) is 1. The number of carbonyl (C=O) groups excluding carboxylic acids is 1. The Morgan fingerprint density at radius 1 is 1.40 bits per heavy atom. The van der Waals surface area contributed by atoms with Gasteiger partial charge in [0.2, 0.25) is 5.88 Å². The minimum absolute atomic E-state index is 0.0182. The molecule has 0 saturated carbocycles. The number of halogens is 2. The van der Waals surface area contributed by atoms with Crippen molar-refractivity contribution < 1.29 is 13.9 Å². The number of hydrogen-bond acceptors (Lipinski definition) is 3. The van der Waals surface area contributed by atoms with E-state index in [1.165, 1.54) is 19.2 Å². The number of hydrogen-bond donors (Lipinski definition) is 1. The fraction of sp³-hybridized carbons (Fsp3) is 0.143. The Kier molecular flexibility index (Phi) is 4.68. The number of methoxy groups -OCH3 is 1. The zero-order chi connectivity index (χ0) is 14.5. The monoisotopic (exact) mass is 338 g/mol. The maximum atomic E-state index is 13.6. The maximum absolute atomic E-state index is 13.6. The Bertz CT molecular complexity index is 614. The van der Waals surface area contributed by atoms with Crippen molar-refractivity contribution in [2.45, 2.75) is 6.54 Å². The average molecular weight is 339 g/mol. The van der Waals surface area contributed by atoms with E-state index < -0.39 is 11.7 Å². The van der Waals surface area contributed by atoms with Crippen molar-refractivity contribution in [3.8, 4) is 5.88 Å². The molecule has 0 atom stereocenters. The highest BCUT2D eigenvalue weighted by Crippen LogP contribution is 2.20. The lowest BCUT2D eigenvalue weighted by molar-refractivity contribution is 0.0945. The second-order valence-corrected chi connectivity index (χ2v) is 4.81. The Morgan fingerprint density at radius 2 is 2.20 bits per heavy atom. The van der Waals surface area contributed by atoms with Crippen LogP contribution in [0.5, 0.6) is 5.88 Å². The van der Waals surface area contributed by atoms with Crippen LogP contribution in [0.4, 0.5) is 4.39 Å². The summed E-state index contributed by atoms with van der Waals surface area (Å²) in [6, 6.07) is 7.90.